The minimum absolute atomic E-state index is 0.0894. The fourth-order valence-electron chi connectivity index (χ4n) is 1.72. The summed E-state index contributed by atoms with van der Waals surface area (Å²) in [6, 6.07) is 9.24. The van der Waals surface area contributed by atoms with Crippen LogP contribution in [-0.2, 0) is 13.6 Å². The van der Waals surface area contributed by atoms with E-state index in [1.807, 2.05) is 30.3 Å². The average molecular weight is 265 g/mol. The van der Waals surface area contributed by atoms with Gasteiger partial charge in [-0.05, 0) is 5.56 Å². The molecular weight excluding hydrogens is 252 g/mol. The Hall–Kier alpha value is -2.24. The highest BCUT2D eigenvalue weighted by Gasteiger charge is 2.22. The van der Waals surface area contributed by atoms with Gasteiger partial charge in [-0.1, -0.05) is 30.3 Å². The Morgan fingerprint density at radius 1 is 1.37 bits per heavy atom. The highest BCUT2D eigenvalue weighted by atomic mass is 19.3. The van der Waals surface area contributed by atoms with Gasteiger partial charge in [0.1, 0.15) is 5.69 Å². The van der Waals surface area contributed by atoms with Gasteiger partial charge in [-0.2, -0.15) is 5.10 Å². The van der Waals surface area contributed by atoms with Crippen LogP contribution in [0.25, 0.3) is 0 Å². The van der Waals surface area contributed by atoms with Gasteiger partial charge in [0.05, 0.1) is 5.56 Å². The molecule has 100 valence electrons. The molecule has 0 bridgehead atoms. The first-order chi connectivity index (χ1) is 9.08. The highest BCUT2D eigenvalue weighted by Crippen LogP contribution is 2.20. The number of carbonyl (C=O) groups is 1. The van der Waals surface area contributed by atoms with Gasteiger partial charge < -0.3 is 5.32 Å². The molecule has 0 aliphatic rings. The van der Waals surface area contributed by atoms with Crippen molar-refractivity contribution in [2.75, 3.05) is 0 Å². The summed E-state index contributed by atoms with van der Waals surface area (Å²) in [5.41, 5.74) is 0.319. The molecule has 1 heterocycles. The van der Waals surface area contributed by atoms with Gasteiger partial charge in [-0.25, -0.2) is 8.78 Å². The minimum Gasteiger partial charge on any atom is -0.348 e. The van der Waals surface area contributed by atoms with Crippen molar-refractivity contribution in [3.8, 4) is 0 Å². The molecule has 1 N–H and O–H groups in total. The lowest BCUT2D eigenvalue weighted by molar-refractivity contribution is 0.0936. The van der Waals surface area contributed by atoms with Crippen LogP contribution in [0.5, 0.6) is 0 Å². The highest BCUT2D eigenvalue weighted by molar-refractivity contribution is 5.95. The number of halogens is 2. The molecule has 1 aromatic carbocycles. The second-order valence-corrected chi connectivity index (χ2v) is 4.07. The maximum Gasteiger partial charge on any atom is 0.282 e. The van der Waals surface area contributed by atoms with E-state index in [0.717, 1.165) is 5.56 Å². The molecule has 19 heavy (non-hydrogen) atoms. The Bertz CT molecular complexity index is 567. The second kappa shape index (κ2) is 5.60. The molecule has 4 nitrogen and oxygen atoms in total. The van der Waals surface area contributed by atoms with Crippen LogP contribution in [-0.4, -0.2) is 15.7 Å². The number of rotatable bonds is 4. The summed E-state index contributed by atoms with van der Waals surface area (Å²) >= 11 is 0. The van der Waals surface area contributed by atoms with E-state index in [9.17, 15) is 13.6 Å². The van der Waals surface area contributed by atoms with E-state index < -0.39 is 18.0 Å². The Labute approximate surface area is 109 Å². The SMILES string of the molecule is Cn1cc(C(=O)NCc2ccccc2)c(C(F)F)n1. The third-order valence-electron chi connectivity index (χ3n) is 2.60. The van der Waals surface area contributed by atoms with Gasteiger partial charge >= 0.3 is 0 Å². The molecule has 0 radical (unpaired) electrons. The van der Waals surface area contributed by atoms with Gasteiger partial charge in [0.25, 0.3) is 12.3 Å². The van der Waals surface area contributed by atoms with Crippen molar-refractivity contribution in [3.63, 3.8) is 0 Å². The molecule has 0 unspecified atom stereocenters. The van der Waals surface area contributed by atoms with E-state index >= 15 is 0 Å². The quantitative estimate of drug-likeness (QED) is 0.922. The molecule has 0 fully saturated rings. The smallest absolute Gasteiger partial charge is 0.282 e. The Morgan fingerprint density at radius 3 is 2.68 bits per heavy atom. The van der Waals surface area contributed by atoms with E-state index in [2.05, 4.69) is 10.4 Å². The number of carbonyl (C=O) groups excluding carboxylic acids is 1. The molecule has 0 saturated carbocycles. The van der Waals surface area contributed by atoms with Crippen LogP contribution < -0.4 is 5.32 Å². The first-order valence-corrected chi connectivity index (χ1v) is 5.71. The Morgan fingerprint density at radius 2 is 2.05 bits per heavy atom. The molecule has 1 aromatic heterocycles. The molecule has 0 aliphatic carbocycles. The minimum atomic E-state index is -2.77. The topological polar surface area (TPSA) is 46.9 Å². The van der Waals surface area contributed by atoms with Crippen LogP contribution in [0.3, 0.4) is 0 Å². The van der Waals surface area contributed by atoms with E-state index in [0.29, 0.717) is 0 Å². The number of hydrogen-bond donors (Lipinski definition) is 1. The summed E-state index contributed by atoms with van der Waals surface area (Å²) in [4.78, 5) is 11.9. The molecule has 1 amide bonds. The van der Waals surface area contributed by atoms with Crippen LogP contribution in [0.1, 0.15) is 28.0 Å². The number of aryl methyl sites for hydroxylation is 1. The van der Waals surface area contributed by atoms with E-state index in [4.69, 9.17) is 0 Å². The summed E-state index contributed by atoms with van der Waals surface area (Å²) in [5.74, 6) is -0.549. The van der Waals surface area contributed by atoms with Gasteiger partial charge in [-0.15, -0.1) is 0 Å². The molecule has 6 heteroatoms. The Kier molecular flexibility index (Phi) is 3.89. The fourth-order valence-corrected chi connectivity index (χ4v) is 1.72. The lowest BCUT2D eigenvalue weighted by Crippen LogP contribution is -2.23. The van der Waals surface area contributed by atoms with Crippen molar-refractivity contribution in [2.45, 2.75) is 13.0 Å². The maximum absolute atomic E-state index is 12.7. The normalized spacial score (nSPS) is 10.7. The molecule has 0 aliphatic heterocycles. The molecule has 2 rings (SSSR count). The Balaban J connectivity index is 2.08. The predicted octanol–water partition coefficient (Wildman–Crippen LogP) is 2.29. The van der Waals surface area contributed by atoms with Crippen molar-refractivity contribution in [1.82, 2.24) is 15.1 Å². The van der Waals surface area contributed by atoms with Crippen LogP contribution in [0, 0.1) is 0 Å². The van der Waals surface area contributed by atoms with E-state index in [1.54, 1.807) is 0 Å². The van der Waals surface area contributed by atoms with Crippen molar-refractivity contribution in [1.29, 1.82) is 0 Å². The van der Waals surface area contributed by atoms with Gasteiger partial charge in [0.15, 0.2) is 0 Å². The predicted molar refractivity (Wildman–Crippen MR) is 65.8 cm³/mol. The summed E-state index contributed by atoms with van der Waals surface area (Å²) < 4.78 is 26.6. The van der Waals surface area contributed by atoms with Crippen molar-refractivity contribution in [2.24, 2.45) is 7.05 Å². The molecular formula is C13H13F2N3O. The third-order valence-corrected chi connectivity index (χ3v) is 2.60. The van der Waals surface area contributed by atoms with Gasteiger partial charge in [-0.3, -0.25) is 9.48 Å². The van der Waals surface area contributed by atoms with Crippen molar-refractivity contribution < 1.29 is 13.6 Å². The molecule has 0 saturated heterocycles. The summed E-state index contributed by atoms with van der Waals surface area (Å²) in [6.07, 6.45) is -1.47. The standard InChI is InChI=1S/C13H13F2N3O/c1-18-8-10(11(17-18)12(14)15)13(19)16-7-9-5-3-2-4-6-9/h2-6,8,12H,7H2,1H3,(H,16,19). The third kappa shape index (κ3) is 3.15. The van der Waals surface area contributed by atoms with Crippen molar-refractivity contribution >= 4 is 5.91 Å². The maximum atomic E-state index is 12.7. The van der Waals surface area contributed by atoms with Crippen LogP contribution >= 0.6 is 0 Å². The van der Waals surface area contributed by atoms with Crippen LogP contribution in [0.4, 0.5) is 8.78 Å². The largest absolute Gasteiger partial charge is 0.348 e. The van der Waals surface area contributed by atoms with E-state index in [1.165, 1.54) is 17.9 Å². The van der Waals surface area contributed by atoms with Crippen molar-refractivity contribution in [3.05, 3.63) is 53.3 Å². The number of nitrogens with one attached hydrogen (secondary N) is 1. The second-order valence-electron chi connectivity index (χ2n) is 4.07. The zero-order valence-corrected chi connectivity index (χ0v) is 10.3. The first kappa shape index (κ1) is 13.2. The van der Waals surface area contributed by atoms with E-state index in [-0.39, 0.29) is 12.1 Å². The first-order valence-electron chi connectivity index (χ1n) is 5.71. The zero-order chi connectivity index (χ0) is 13.8. The summed E-state index contributed by atoms with van der Waals surface area (Å²) in [7, 11) is 1.50. The summed E-state index contributed by atoms with van der Waals surface area (Å²) in [6.45, 7) is 0.289. The van der Waals surface area contributed by atoms with Gasteiger partial charge in [0, 0.05) is 19.8 Å². The number of aromatic nitrogens is 2. The van der Waals surface area contributed by atoms with Gasteiger partial charge in [0.2, 0.25) is 0 Å². The summed E-state index contributed by atoms with van der Waals surface area (Å²) in [5, 5.41) is 6.19. The molecule has 2 aromatic rings. The monoisotopic (exact) mass is 265 g/mol. The zero-order valence-electron chi connectivity index (χ0n) is 10.3. The average Bonchev–Trinajstić information content (AvgIpc) is 2.79. The lowest BCUT2D eigenvalue weighted by atomic mass is 10.2. The number of alkyl halides is 2. The molecule has 0 atom stereocenters. The van der Waals surface area contributed by atoms with Crippen LogP contribution in [0.15, 0.2) is 36.5 Å². The number of hydrogen-bond acceptors (Lipinski definition) is 2. The molecule has 0 spiro atoms. The van der Waals surface area contributed by atoms with Crippen LogP contribution in [0.2, 0.25) is 0 Å². The number of benzene rings is 1. The number of amides is 1. The number of nitrogens with zero attached hydrogens (tertiary/aromatic N) is 2. The lowest BCUT2D eigenvalue weighted by Gasteiger charge is -2.05. The fraction of sp³-hybridized carbons (Fsp3) is 0.231.